The van der Waals surface area contributed by atoms with Crippen molar-refractivity contribution in [1.29, 1.82) is 0 Å². The summed E-state index contributed by atoms with van der Waals surface area (Å²) in [5.41, 5.74) is 1.14. The number of nitrogens with zero attached hydrogens (tertiary/aromatic N) is 3. The molecule has 7 nitrogen and oxygen atoms in total. The summed E-state index contributed by atoms with van der Waals surface area (Å²) in [5.74, 6) is 1.21. The smallest absolute Gasteiger partial charge is 0.227 e. The van der Waals surface area contributed by atoms with E-state index in [4.69, 9.17) is 0 Å². The molecular weight excluding hydrogens is 354 g/mol. The van der Waals surface area contributed by atoms with Crippen molar-refractivity contribution in [3.63, 3.8) is 0 Å². The predicted molar refractivity (Wildman–Crippen MR) is 107 cm³/mol. The number of rotatable bonds is 5. The van der Waals surface area contributed by atoms with Crippen LogP contribution in [0.1, 0.15) is 56.4 Å². The van der Waals surface area contributed by atoms with Crippen molar-refractivity contribution in [1.82, 2.24) is 25.3 Å². The van der Waals surface area contributed by atoms with Crippen LogP contribution in [0.25, 0.3) is 0 Å². The van der Waals surface area contributed by atoms with E-state index in [0.717, 1.165) is 44.6 Å². The molecular formula is C21H33N5O2. The average molecular weight is 388 g/mol. The van der Waals surface area contributed by atoms with E-state index in [1.54, 1.807) is 4.68 Å². The van der Waals surface area contributed by atoms with Crippen molar-refractivity contribution in [3.05, 3.63) is 18.0 Å². The molecule has 2 aliphatic heterocycles. The first kappa shape index (κ1) is 19.4. The first-order chi connectivity index (χ1) is 13.6. The van der Waals surface area contributed by atoms with Gasteiger partial charge in [-0.1, -0.05) is 12.8 Å². The number of aryl methyl sites for hydroxylation is 1. The summed E-state index contributed by atoms with van der Waals surface area (Å²) in [6, 6.07) is 0.216. The third-order valence-corrected chi connectivity index (χ3v) is 6.80. The van der Waals surface area contributed by atoms with Crippen LogP contribution in [-0.4, -0.2) is 58.7 Å². The molecule has 2 atom stereocenters. The SMILES string of the molecule is Cn1cc([C@H]2CNC[C@@H]2C(=O)N2CCC(NC(=O)CC3CCCC3)CC2)cn1. The number of piperidine rings is 1. The quantitative estimate of drug-likeness (QED) is 0.801. The Kier molecular flexibility index (Phi) is 5.99. The molecule has 3 aliphatic rings. The zero-order chi connectivity index (χ0) is 19.5. The Hall–Kier alpha value is -1.89. The summed E-state index contributed by atoms with van der Waals surface area (Å²) in [6.45, 7) is 3.04. The molecule has 1 aromatic rings. The van der Waals surface area contributed by atoms with Gasteiger partial charge in [-0.25, -0.2) is 0 Å². The van der Waals surface area contributed by atoms with Gasteiger partial charge in [-0.05, 0) is 37.2 Å². The van der Waals surface area contributed by atoms with Crippen LogP contribution in [0.4, 0.5) is 0 Å². The van der Waals surface area contributed by atoms with Crippen molar-refractivity contribution < 1.29 is 9.59 Å². The monoisotopic (exact) mass is 387 g/mol. The minimum absolute atomic E-state index is 0.0160. The van der Waals surface area contributed by atoms with Crippen LogP contribution in [0, 0.1) is 11.8 Å². The standard InChI is InChI=1S/C21H33N5O2/c1-25-14-16(11-23-25)18-12-22-13-19(18)21(28)26-8-6-17(7-9-26)24-20(27)10-15-4-2-3-5-15/h11,14-15,17-19,22H,2-10,12-13H2,1H3,(H,24,27)/t18-,19+/m1/s1. The Morgan fingerprint density at radius 3 is 2.61 bits per heavy atom. The lowest BCUT2D eigenvalue weighted by atomic mass is 9.89. The van der Waals surface area contributed by atoms with Crippen molar-refractivity contribution in [2.45, 2.75) is 56.9 Å². The first-order valence-electron chi connectivity index (χ1n) is 10.9. The number of hydrogen-bond donors (Lipinski definition) is 2. The van der Waals surface area contributed by atoms with Gasteiger partial charge in [0, 0.05) is 57.8 Å². The second-order valence-electron chi connectivity index (χ2n) is 8.84. The van der Waals surface area contributed by atoms with Gasteiger partial charge in [0.15, 0.2) is 0 Å². The van der Waals surface area contributed by atoms with E-state index in [1.807, 2.05) is 24.3 Å². The maximum Gasteiger partial charge on any atom is 0.227 e. The van der Waals surface area contributed by atoms with Crippen LogP contribution in [0.2, 0.25) is 0 Å². The zero-order valence-corrected chi connectivity index (χ0v) is 16.9. The lowest BCUT2D eigenvalue weighted by Gasteiger charge is -2.35. The maximum atomic E-state index is 13.1. The van der Waals surface area contributed by atoms with Gasteiger partial charge >= 0.3 is 0 Å². The number of nitrogens with one attached hydrogen (secondary N) is 2. The largest absolute Gasteiger partial charge is 0.353 e. The Morgan fingerprint density at radius 1 is 1.18 bits per heavy atom. The van der Waals surface area contributed by atoms with E-state index < -0.39 is 0 Å². The molecule has 28 heavy (non-hydrogen) atoms. The van der Waals surface area contributed by atoms with Crippen molar-refractivity contribution in [2.24, 2.45) is 18.9 Å². The molecule has 0 bridgehead atoms. The second kappa shape index (κ2) is 8.64. The number of carbonyl (C=O) groups is 2. The molecule has 1 saturated carbocycles. The Labute approximate surface area is 167 Å². The fourth-order valence-corrected chi connectivity index (χ4v) is 5.16. The molecule has 0 radical (unpaired) electrons. The van der Waals surface area contributed by atoms with E-state index in [9.17, 15) is 9.59 Å². The molecule has 154 valence electrons. The zero-order valence-electron chi connectivity index (χ0n) is 16.9. The molecule has 4 rings (SSSR count). The number of likely N-dealkylation sites (tertiary alicyclic amines) is 1. The molecule has 1 aliphatic carbocycles. The molecule has 2 saturated heterocycles. The number of hydrogen-bond acceptors (Lipinski definition) is 4. The van der Waals surface area contributed by atoms with Gasteiger partial charge in [-0.3, -0.25) is 14.3 Å². The van der Waals surface area contributed by atoms with Crippen LogP contribution in [0.15, 0.2) is 12.4 Å². The summed E-state index contributed by atoms with van der Waals surface area (Å²) < 4.78 is 1.80. The lowest BCUT2D eigenvalue weighted by molar-refractivity contribution is -0.136. The molecule has 2 N–H and O–H groups in total. The number of aromatic nitrogens is 2. The van der Waals surface area contributed by atoms with Crippen molar-refractivity contribution >= 4 is 11.8 Å². The second-order valence-corrected chi connectivity index (χ2v) is 8.84. The molecule has 3 fully saturated rings. The Bertz CT molecular complexity index is 689. The van der Waals surface area contributed by atoms with Crippen LogP contribution in [0.5, 0.6) is 0 Å². The molecule has 0 unspecified atom stereocenters. The summed E-state index contributed by atoms with van der Waals surface area (Å²) in [4.78, 5) is 27.4. The predicted octanol–water partition coefficient (Wildman–Crippen LogP) is 1.41. The van der Waals surface area contributed by atoms with Crippen LogP contribution < -0.4 is 10.6 Å². The number of amides is 2. The van der Waals surface area contributed by atoms with Gasteiger partial charge in [0.1, 0.15) is 0 Å². The van der Waals surface area contributed by atoms with E-state index >= 15 is 0 Å². The fourth-order valence-electron chi connectivity index (χ4n) is 5.16. The van der Waals surface area contributed by atoms with E-state index in [2.05, 4.69) is 15.7 Å². The third-order valence-electron chi connectivity index (χ3n) is 6.80. The van der Waals surface area contributed by atoms with Crippen LogP contribution >= 0.6 is 0 Å². The normalized spacial score (nSPS) is 26.7. The highest BCUT2D eigenvalue weighted by Gasteiger charge is 2.38. The van der Waals surface area contributed by atoms with Crippen molar-refractivity contribution in [3.8, 4) is 0 Å². The minimum Gasteiger partial charge on any atom is -0.353 e. The third kappa shape index (κ3) is 4.40. The van der Waals surface area contributed by atoms with Gasteiger partial charge in [-0.15, -0.1) is 0 Å². The average Bonchev–Trinajstić information content (AvgIpc) is 3.43. The Balaban J connectivity index is 1.26. The highest BCUT2D eigenvalue weighted by Crippen LogP contribution is 2.30. The minimum atomic E-state index is -0.0160. The topological polar surface area (TPSA) is 79.3 Å². The molecule has 7 heteroatoms. The van der Waals surface area contributed by atoms with Gasteiger partial charge in [0.25, 0.3) is 0 Å². The van der Waals surface area contributed by atoms with Crippen LogP contribution in [0.3, 0.4) is 0 Å². The lowest BCUT2D eigenvalue weighted by Crippen LogP contribution is -2.49. The molecule has 2 amide bonds. The summed E-state index contributed by atoms with van der Waals surface area (Å²) in [5, 5.41) is 10.9. The molecule has 3 heterocycles. The summed E-state index contributed by atoms with van der Waals surface area (Å²) in [7, 11) is 1.91. The number of carbonyl (C=O) groups excluding carboxylic acids is 2. The first-order valence-corrected chi connectivity index (χ1v) is 10.9. The maximum absolute atomic E-state index is 13.1. The molecule has 0 spiro atoms. The summed E-state index contributed by atoms with van der Waals surface area (Å²) >= 11 is 0. The highest BCUT2D eigenvalue weighted by atomic mass is 16.2. The van der Waals surface area contributed by atoms with Crippen LogP contribution in [-0.2, 0) is 16.6 Å². The summed E-state index contributed by atoms with van der Waals surface area (Å²) in [6.07, 6.45) is 11.2. The fraction of sp³-hybridized carbons (Fsp3) is 0.762. The van der Waals surface area contributed by atoms with E-state index in [1.165, 1.54) is 25.7 Å². The Morgan fingerprint density at radius 2 is 1.93 bits per heavy atom. The van der Waals surface area contributed by atoms with E-state index in [0.29, 0.717) is 12.3 Å². The highest BCUT2D eigenvalue weighted by molar-refractivity contribution is 5.81. The molecule has 0 aromatic carbocycles. The van der Waals surface area contributed by atoms with Crippen molar-refractivity contribution in [2.75, 3.05) is 26.2 Å². The van der Waals surface area contributed by atoms with Gasteiger partial charge in [0.2, 0.25) is 11.8 Å². The molecule has 1 aromatic heterocycles. The van der Waals surface area contributed by atoms with Gasteiger partial charge in [0.05, 0.1) is 12.1 Å². The van der Waals surface area contributed by atoms with E-state index in [-0.39, 0.29) is 29.7 Å². The van der Waals surface area contributed by atoms with Gasteiger partial charge < -0.3 is 15.5 Å². The van der Waals surface area contributed by atoms with Gasteiger partial charge in [-0.2, -0.15) is 5.10 Å².